The number of halogens is 1. The molecule has 1 saturated heterocycles. The maximum atomic E-state index is 12.5. The Morgan fingerprint density at radius 1 is 1.31 bits per heavy atom. The van der Waals surface area contributed by atoms with E-state index in [1.165, 1.54) is 19.2 Å². The molecule has 1 aromatic heterocycles. The average molecular weight is 378 g/mol. The monoisotopic (exact) mass is 377 g/mol. The van der Waals surface area contributed by atoms with Crippen LogP contribution in [0.15, 0.2) is 36.9 Å². The van der Waals surface area contributed by atoms with E-state index in [-0.39, 0.29) is 24.4 Å². The average Bonchev–Trinajstić information content (AvgIpc) is 3.20. The second-order valence-electron chi connectivity index (χ2n) is 6.84. The molecule has 1 aromatic carbocycles. The fraction of sp³-hybridized carbons (Fsp3) is 0.526. The van der Waals surface area contributed by atoms with Crippen molar-refractivity contribution < 1.29 is 4.79 Å². The lowest BCUT2D eigenvalue weighted by Gasteiger charge is -2.27. The molecule has 6 nitrogen and oxygen atoms in total. The van der Waals surface area contributed by atoms with Crippen molar-refractivity contribution in [2.24, 2.45) is 5.92 Å². The minimum Gasteiger partial charge on any atom is -0.339 e. The topological polar surface area (TPSA) is 63.1 Å². The van der Waals surface area contributed by atoms with Crippen molar-refractivity contribution in [3.63, 3.8) is 0 Å². The van der Waals surface area contributed by atoms with E-state index >= 15 is 0 Å². The molecule has 142 valence electrons. The van der Waals surface area contributed by atoms with Gasteiger partial charge in [0.1, 0.15) is 12.7 Å². The molecule has 26 heavy (non-hydrogen) atoms. The molecule has 0 aliphatic carbocycles. The van der Waals surface area contributed by atoms with Crippen molar-refractivity contribution in [1.82, 2.24) is 25.0 Å². The number of nitrogens with zero attached hydrogens (tertiary/aromatic N) is 4. The largest absolute Gasteiger partial charge is 0.339 e. The van der Waals surface area contributed by atoms with Crippen molar-refractivity contribution in [2.45, 2.75) is 38.6 Å². The molecule has 2 heterocycles. The highest BCUT2D eigenvalue weighted by Gasteiger charge is 2.20. The van der Waals surface area contributed by atoms with Crippen molar-refractivity contribution >= 4 is 18.3 Å². The summed E-state index contributed by atoms with van der Waals surface area (Å²) in [6.45, 7) is 4.25. The van der Waals surface area contributed by atoms with Gasteiger partial charge in [0.15, 0.2) is 0 Å². The number of hydrogen-bond acceptors (Lipinski definition) is 4. The summed E-state index contributed by atoms with van der Waals surface area (Å²) >= 11 is 0. The van der Waals surface area contributed by atoms with Crippen LogP contribution >= 0.6 is 12.4 Å². The highest BCUT2D eigenvalue weighted by Crippen LogP contribution is 2.23. The first-order valence-electron chi connectivity index (χ1n) is 9.06. The number of amides is 1. The van der Waals surface area contributed by atoms with Crippen LogP contribution in [0.4, 0.5) is 0 Å². The number of carbonyl (C=O) groups excluding carboxylic acids is 1. The fourth-order valence-electron chi connectivity index (χ4n) is 3.36. The van der Waals surface area contributed by atoms with Gasteiger partial charge in [0.25, 0.3) is 0 Å². The third kappa shape index (κ3) is 5.05. The smallest absolute Gasteiger partial charge is 0.222 e. The zero-order valence-corrected chi connectivity index (χ0v) is 16.3. The summed E-state index contributed by atoms with van der Waals surface area (Å²) in [5.74, 6) is 0.919. The summed E-state index contributed by atoms with van der Waals surface area (Å²) in [4.78, 5) is 18.4. The van der Waals surface area contributed by atoms with Crippen LogP contribution in [-0.4, -0.2) is 45.7 Å². The molecular formula is C19H28ClN5O. The second-order valence-corrected chi connectivity index (χ2v) is 6.84. The molecule has 1 aliphatic rings. The van der Waals surface area contributed by atoms with E-state index in [4.69, 9.17) is 0 Å². The van der Waals surface area contributed by atoms with Gasteiger partial charge in [0, 0.05) is 13.5 Å². The van der Waals surface area contributed by atoms with Crippen LogP contribution in [0.3, 0.4) is 0 Å². The van der Waals surface area contributed by atoms with Crippen LogP contribution in [0.25, 0.3) is 5.69 Å². The van der Waals surface area contributed by atoms with Gasteiger partial charge < -0.3 is 10.2 Å². The minimum absolute atomic E-state index is 0. The summed E-state index contributed by atoms with van der Waals surface area (Å²) in [5.41, 5.74) is 2.09. The van der Waals surface area contributed by atoms with Gasteiger partial charge in [0.05, 0.1) is 11.7 Å². The van der Waals surface area contributed by atoms with Gasteiger partial charge >= 0.3 is 0 Å². The van der Waals surface area contributed by atoms with Crippen molar-refractivity contribution in [3.05, 3.63) is 42.5 Å². The first-order chi connectivity index (χ1) is 12.1. The molecule has 1 atom stereocenters. The fourth-order valence-corrected chi connectivity index (χ4v) is 3.36. The highest BCUT2D eigenvalue weighted by molar-refractivity contribution is 5.85. The molecule has 0 spiro atoms. The van der Waals surface area contributed by atoms with Crippen LogP contribution in [0.2, 0.25) is 0 Å². The molecule has 1 aliphatic heterocycles. The Hall–Kier alpha value is -1.92. The van der Waals surface area contributed by atoms with Crippen LogP contribution in [0, 0.1) is 5.92 Å². The normalized spacial score (nSPS) is 15.9. The van der Waals surface area contributed by atoms with Gasteiger partial charge in [-0.05, 0) is 62.9 Å². The zero-order chi connectivity index (χ0) is 17.6. The summed E-state index contributed by atoms with van der Waals surface area (Å²) in [6.07, 6.45) is 7.22. The maximum absolute atomic E-state index is 12.5. The van der Waals surface area contributed by atoms with Crippen LogP contribution < -0.4 is 5.32 Å². The molecule has 3 rings (SSSR count). The summed E-state index contributed by atoms with van der Waals surface area (Å²) in [6, 6.07) is 8.18. The van der Waals surface area contributed by atoms with E-state index in [1.54, 1.807) is 11.0 Å². The second kappa shape index (κ2) is 9.69. The van der Waals surface area contributed by atoms with Gasteiger partial charge in [-0.25, -0.2) is 9.67 Å². The van der Waals surface area contributed by atoms with Gasteiger partial charge in [-0.1, -0.05) is 12.1 Å². The predicted molar refractivity (Wildman–Crippen MR) is 105 cm³/mol. The minimum atomic E-state index is 0. The molecule has 1 amide bonds. The quantitative estimate of drug-likeness (QED) is 0.840. The van der Waals surface area contributed by atoms with E-state index in [0.717, 1.165) is 30.8 Å². The summed E-state index contributed by atoms with van der Waals surface area (Å²) in [5, 5.41) is 7.50. The van der Waals surface area contributed by atoms with Crippen molar-refractivity contribution in [3.8, 4) is 5.69 Å². The molecule has 1 N–H and O–H groups in total. The first kappa shape index (κ1) is 20.4. The Morgan fingerprint density at radius 3 is 2.62 bits per heavy atom. The Balaban J connectivity index is 0.00000243. The molecule has 1 fully saturated rings. The molecule has 0 radical (unpaired) electrons. The van der Waals surface area contributed by atoms with Gasteiger partial charge in [-0.15, -0.1) is 12.4 Å². The lowest BCUT2D eigenvalue weighted by Crippen LogP contribution is -2.31. The Morgan fingerprint density at radius 2 is 2.00 bits per heavy atom. The van der Waals surface area contributed by atoms with Gasteiger partial charge in [0.2, 0.25) is 5.91 Å². The van der Waals surface area contributed by atoms with Gasteiger partial charge in [-0.2, -0.15) is 5.10 Å². The lowest BCUT2D eigenvalue weighted by molar-refractivity contribution is -0.132. The zero-order valence-electron chi connectivity index (χ0n) is 15.5. The summed E-state index contributed by atoms with van der Waals surface area (Å²) in [7, 11) is 1.90. The third-order valence-electron chi connectivity index (χ3n) is 5.26. The van der Waals surface area contributed by atoms with E-state index in [1.807, 2.05) is 24.1 Å². The Bertz CT molecular complexity index is 668. The Labute approximate surface area is 161 Å². The number of benzene rings is 1. The number of carbonyl (C=O) groups is 1. The van der Waals surface area contributed by atoms with Crippen molar-refractivity contribution in [2.75, 3.05) is 20.1 Å². The number of nitrogens with one attached hydrogen (secondary N) is 1. The number of rotatable bonds is 6. The number of hydrogen-bond donors (Lipinski definition) is 1. The molecular weight excluding hydrogens is 350 g/mol. The number of piperidine rings is 1. The van der Waals surface area contributed by atoms with E-state index in [9.17, 15) is 4.79 Å². The molecule has 1 unspecified atom stereocenters. The SMILES string of the molecule is CC(c1ccc(-n2cncn2)cc1)N(C)C(=O)CCC1CCNCC1.Cl. The van der Waals surface area contributed by atoms with E-state index < -0.39 is 0 Å². The van der Waals surface area contributed by atoms with Crippen LogP contribution in [0.1, 0.15) is 44.2 Å². The number of aromatic nitrogens is 3. The Kier molecular flexibility index (Phi) is 7.60. The lowest BCUT2D eigenvalue weighted by atomic mass is 9.93. The van der Waals surface area contributed by atoms with Crippen LogP contribution in [-0.2, 0) is 4.79 Å². The summed E-state index contributed by atoms with van der Waals surface area (Å²) < 4.78 is 1.72. The predicted octanol–water partition coefficient (Wildman–Crippen LogP) is 2.99. The maximum Gasteiger partial charge on any atom is 0.222 e. The molecule has 0 bridgehead atoms. The van der Waals surface area contributed by atoms with Crippen LogP contribution in [0.5, 0.6) is 0 Å². The van der Waals surface area contributed by atoms with E-state index in [2.05, 4.69) is 34.5 Å². The first-order valence-corrected chi connectivity index (χ1v) is 9.06. The molecule has 2 aromatic rings. The standard InChI is InChI=1S/C19H27N5O.ClH/c1-15(17-4-6-18(7-5-17)24-14-21-13-22-24)23(2)19(25)8-3-16-9-11-20-12-10-16;/h4-7,13-16,20H,3,8-12H2,1-2H3;1H. The van der Waals surface area contributed by atoms with E-state index in [0.29, 0.717) is 12.3 Å². The third-order valence-corrected chi connectivity index (χ3v) is 5.26. The highest BCUT2D eigenvalue weighted by atomic mass is 35.5. The van der Waals surface area contributed by atoms with Crippen molar-refractivity contribution in [1.29, 1.82) is 0 Å². The van der Waals surface area contributed by atoms with Gasteiger partial charge in [-0.3, -0.25) is 4.79 Å². The molecule has 7 heteroatoms. The molecule has 0 saturated carbocycles.